The summed E-state index contributed by atoms with van der Waals surface area (Å²) in [7, 11) is 0. The van der Waals surface area contributed by atoms with Gasteiger partial charge in [-0.25, -0.2) is 4.79 Å². The molecule has 0 unspecified atom stereocenters. The highest BCUT2D eigenvalue weighted by molar-refractivity contribution is 5.86. The minimum absolute atomic E-state index is 0.0529. The molecule has 102 valence electrons. The summed E-state index contributed by atoms with van der Waals surface area (Å²) in [5, 5.41) is 17.8. The van der Waals surface area contributed by atoms with Gasteiger partial charge in [-0.2, -0.15) is 5.26 Å². The standard InChI is InChI=1S/C15H14N2O3/c16-8-4-9-17(13-5-2-1-3-6-13)11-12-7-10-20-14(12)15(18)19/h1-3,5-7,10H,4,9,11H2,(H,18,19). The summed E-state index contributed by atoms with van der Waals surface area (Å²) in [5.74, 6) is -1.14. The Labute approximate surface area is 116 Å². The maximum absolute atomic E-state index is 11.1. The number of carboxylic acid groups (broad SMARTS) is 1. The zero-order valence-electron chi connectivity index (χ0n) is 10.8. The number of nitrogens with zero attached hydrogens (tertiary/aromatic N) is 2. The molecule has 0 bridgehead atoms. The number of rotatable bonds is 6. The Kier molecular flexibility index (Phi) is 4.40. The number of benzene rings is 1. The fraction of sp³-hybridized carbons (Fsp3) is 0.200. The van der Waals surface area contributed by atoms with Crippen LogP contribution < -0.4 is 4.90 Å². The molecule has 0 saturated carbocycles. The van der Waals surface area contributed by atoms with E-state index in [1.54, 1.807) is 6.07 Å². The van der Waals surface area contributed by atoms with Crippen LogP contribution in [0.15, 0.2) is 47.1 Å². The summed E-state index contributed by atoms with van der Waals surface area (Å²) in [4.78, 5) is 13.0. The lowest BCUT2D eigenvalue weighted by atomic mass is 10.2. The average Bonchev–Trinajstić information content (AvgIpc) is 2.92. The van der Waals surface area contributed by atoms with Crippen molar-refractivity contribution in [3.63, 3.8) is 0 Å². The number of anilines is 1. The number of para-hydroxylation sites is 1. The molecule has 0 amide bonds. The second kappa shape index (κ2) is 6.43. The van der Waals surface area contributed by atoms with Gasteiger partial charge in [0.15, 0.2) is 0 Å². The van der Waals surface area contributed by atoms with Crippen LogP contribution in [0.2, 0.25) is 0 Å². The number of hydrogen-bond donors (Lipinski definition) is 1. The van der Waals surface area contributed by atoms with Crippen molar-refractivity contribution in [2.45, 2.75) is 13.0 Å². The van der Waals surface area contributed by atoms with E-state index >= 15 is 0 Å². The molecule has 0 aliphatic carbocycles. The van der Waals surface area contributed by atoms with Crippen molar-refractivity contribution < 1.29 is 14.3 Å². The van der Waals surface area contributed by atoms with E-state index in [4.69, 9.17) is 14.8 Å². The van der Waals surface area contributed by atoms with Gasteiger partial charge in [0.1, 0.15) is 0 Å². The van der Waals surface area contributed by atoms with E-state index in [1.165, 1.54) is 6.26 Å². The Hall–Kier alpha value is -2.74. The number of furan rings is 1. The lowest BCUT2D eigenvalue weighted by Gasteiger charge is -2.23. The maximum Gasteiger partial charge on any atom is 0.372 e. The summed E-state index contributed by atoms with van der Waals surface area (Å²) in [6.45, 7) is 0.925. The molecule has 0 spiro atoms. The van der Waals surface area contributed by atoms with E-state index in [1.807, 2.05) is 35.2 Å². The van der Waals surface area contributed by atoms with Gasteiger partial charge in [0, 0.05) is 24.3 Å². The van der Waals surface area contributed by atoms with Crippen molar-refractivity contribution in [2.75, 3.05) is 11.4 Å². The SMILES string of the molecule is N#CCCN(Cc1ccoc1C(=O)O)c1ccccc1. The molecular formula is C15H14N2O3. The second-order valence-electron chi connectivity index (χ2n) is 4.25. The summed E-state index contributed by atoms with van der Waals surface area (Å²) >= 11 is 0. The molecule has 1 N–H and O–H groups in total. The van der Waals surface area contributed by atoms with Crippen LogP contribution in [0.5, 0.6) is 0 Å². The lowest BCUT2D eigenvalue weighted by Crippen LogP contribution is -2.24. The number of carbonyl (C=O) groups is 1. The topological polar surface area (TPSA) is 77.5 Å². The van der Waals surface area contributed by atoms with Gasteiger partial charge in [-0.1, -0.05) is 18.2 Å². The predicted octanol–water partition coefficient (Wildman–Crippen LogP) is 2.90. The molecule has 0 aliphatic heterocycles. The second-order valence-corrected chi connectivity index (χ2v) is 4.25. The predicted molar refractivity (Wildman–Crippen MR) is 73.4 cm³/mol. The van der Waals surface area contributed by atoms with Crippen molar-refractivity contribution >= 4 is 11.7 Å². The van der Waals surface area contributed by atoms with Crippen LogP contribution in [0.1, 0.15) is 22.5 Å². The normalized spacial score (nSPS) is 9.95. The molecule has 0 radical (unpaired) electrons. The van der Waals surface area contributed by atoms with Gasteiger partial charge in [0.25, 0.3) is 0 Å². The first-order valence-electron chi connectivity index (χ1n) is 6.19. The highest BCUT2D eigenvalue weighted by atomic mass is 16.4. The van der Waals surface area contributed by atoms with E-state index in [-0.39, 0.29) is 5.76 Å². The van der Waals surface area contributed by atoms with E-state index in [9.17, 15) is 4.79 Å². The zero-order chi connectivity index (χ0) is 14.4. The van der Waals surface area contributed by atoms with Crippen molar-refractivity contribution in [2.24, 2.45) is 0 Å². The Morgan fingerprint density at radius 3 is 2.70 bits per heavy atom. The molecule has 1 aromatic carbocycles. The van der Waals surface area contributed by atoms with Gasteiger partial charge >= 0.3 is 5.97 Å². The third-order valence-electron chi connectivity index (χ3n) is 2.92. The van der Waals surface area contributed by atoms with Crippen LogP contribution in [-0.2, 0) is 6.54 Å². The fourth-order valence-corrected chi connectivity index (χ4v) is 1.98. The number of carboxylic acids is 1. The molecule has 0 aliphatic rings. The van der Waals surface area contributed by atoms with Crippen molar-refractivity contribution in [3.8, 4) is 6.07 Å². The largest absolute Gasteiger partial charge is 0.475 e. The number of hydrogen-bond acceptors (Lipinski definition) is 4. The molecule has 5 heteroatoms. The van der Waals surface area contributed by atoms with Crippen LogP contribution in [-0.4, -0.2) is 17.6 Å². The molecule has 0 fully saturated rings. The van der Waals surface area contributed by atoms with Gasteiger partial charge in [-0.05, 0) is 18.2 Å². The van der Waals surface area contributed by atoms with E-state index in [0.29, 0.717) is 25.1 Å². The molecule has 1 aromatic heterocycles. The summed E-state index contributed by atoms with van der Waals surface area (Å²) in [6.07, 6.45) is 1.74. The van der Waals surface area contributed by atoms with Crippen molar-refractivity contribution in [1.82, 2.24) is 0 Å². The van der Waals surface area contributed by atoms with Gasteiger partial charge in [-0.15, -0.1) is 0 Å². The minimum atomic E-state index is -1.08. The van der Waals surface area contributed by atoms with Crippen molar-refractivity contribution in [1.29, 1.82) is 5.26 Å². The van der Waals surface area contributed by atoms with Crippen LogP contribution >= 0.6 is 0 Å². The zero-order valence-corrected chi connectivity index (χ0v) is 10.8. The van der Waals surface area contributed by atoms with Gasteiger partial charge in [0.2, 0.25) is 5.76 Å². The van der Waals surface area contributed by atoms with Crippen LogP contribution in [0.4, 0.5) is 5.69 Å². The summed E-state index contributed by atoms with van der Waals surface area (Å²) in [5.41, 5.74) is 1.54. The first-order chi connectivity index (χ1) is 9.72. The Morgan fingerprint density at radius 1 is 1.30 bits per heavy atom. The van der Waals surface area contributed by atoms with E-state index in [0.717, 1.165) is 5.69 Å². The van der Waals surface area contributed by atoms with Crippen molar-refractivity contribution in [3.05, 3.63) is 54.0 Å². The molecule has 5 nitrogen and oxygen atoms in total. The first kappa shape index (κ1) is 13.7. The average molecular weight is 270 g/mol. The molecule has 0 atom stereocenters. The quantitative estimate of drug-likeness (QED) is 0.873. The Morgan fingerprint density at radius 2 is 2.05 bits per heavy atom. The third kappa shape index (κ3) is 3.18. The van der Waals surface area contributed by atoms with Crippen LogP contribution in [0.25, 0.3) is 0 Å². The van der Waals surface area contributed by atoms with Gasteiger partial charge < -0.3 is 14.4 Å². The summed E-state index contributed by atoms with van der Waals surface area (Å²) < 4.78 is 4.98. The maximum atomic E-state index is 11.1. The smallest absolute Gasteiger partial charge is 0.372 e. The number of aromatic carboxylic acids is 1. The van der Waals surface area contributed by atoms with Crippen LogP contribution in [0.3, 0.4) is 0 Å². The monoisotopic (exact) mass is 270 g/mol. The fourth-order valence-electron chi connectivity index (χ4n) is 1.98. The third-order valence-corrected chi connectivity index (χ3v) is 2.92. The number of nitriles is 1. The molecule has 2 aromatic rings. The molecule has 2 rings (SSSR count). The van der Waals surface area contributed by atoms with E-state index in [2.05, 4.69) is 6.07 Å². The minimum Gasteiger partial charge on any atom is -0.475 e. The highest BCUT2D eigenvalue weighted by Gasteiger charge is 2.17. The van der Waals surface area contributed by atoms with Gasteiger partial charge in [-0.3, -0.25) is 0 Å². The highest BCUT2D eigenvalue weighted by Crippen LogP contribution is 2.20. The molecule has 0 saturated heterocycles. The molecule has 20 heavy (non-hydrogen) atoms. The summed E-state index contributed by atoms with van der Waals surface area (Å²) in [6, 6.07) is 13.3. The van der Waals surface area contributed by atoms with Crippen LogP contribution in [0, 0.1) is 11.3 Å². The van der Waals surface area contributed by atoms with E-state index < -0.39 is 5.97 Å². The van der Waals surface area contributed by atoms with Gasteiger partial charge in [0.05, 0.1) is 18.8 Å². The molecular weight excluding hydrogens is 256 g/mol. The Bertz CT molecular complexity index is 614. The molecule has 1 heterocycles. The first-order valence-corrected chi connectivity index (χ1v) is 6.19. The Balaban J connectivity index is 2.22. The lowest BCUT2D eigenvalue weighted by molar-refractivity contribution is 0.0661.